The van der Waals surface area contributed by atoms with Crippen LogP contribution < -0.4 is 4.74 Å². The lowest BCUT2D eigenvalue weighted by Gasteiger charge is -2.41. The lowest BCUT2D eigenvalue weighted by atomic mass is 10.0. The fraction of sp³-hybridized carbons (Fsp3) is 0.412. The largest absolute Gasteiger partial charge is 0.496 e. The van der Waals surface area contributed by atoms with Gasteiger partial charge in [-0.15, -0.1) is 11.3 Å². The number of piperazine rings is 1. The van der Waals surface area contributed by atoms with Gasteiger partial charge in [-0.2, -0.15) is 0 Å². The van der Waals surface area contributed by atoms with Crippen LogP contribution in [0.2, 0.25) is 0 Å². The minimum Gasteiger partial charge on any atom is -0.496 e. The van der Waals surface area contributed by atoms with Crippen LogP contribution in [-0.4, -0.2) is 47.4 Å². The number of rotatable bonds is 4. The number of aromatic nitrogens is 1. The Morgan fingerprint density at radius 2 is 2.22 bits per heavy atom. The van der Waals surface area contributed by atoms with Gasteiger partial charge in [0, 0.05) is 43.7 Å². The first-order valence-electron chi connectivity index (χ1n) is 7.70. The minimum atomic E-state index is 0.0114. The molecule has 1 unspecified atom stereocenters. The molecule has 23 heavy (non-hydrogen) atoms. The van der Waals surface area contributed by atoms with Gasteiger partial charge in [0.05, 0.1) is 19.7 Å². The van der Waals surface area contributed by atoms with Crippen molar-refractivity contribution >= 4 is 17.2 Å². The fourth-order valence-electron chi connectivity index (χ4n) is 3.09. The average molecular weight is 331 g/mol. The highest BCUT2D eigenvalue weighted by atomic mass is 32.1. The van der Waals surface area contributed by atoms with Crippen molar-refractivity contribution < 1.29 is 9.53 Å². The monoisotopic (exact) mass is 331 g/mol. The molecule has 0 bridgehead atoms. The van der Waals surface area contributed by atoms with Gasteiger partial charge in [-0.25, -0.2) is 4.98 Å². The van der Waals surface area contributed by atoms with E-state index in [9.17, 15) is 4.79 Å². The molecule has 0 N–H and O–H groups in total. The molecule has 1 aliphatic heterocycles. The van der Waals surface area contributed by atoms with E-state index in [-0.39, 0.29) is 11.9 Å². The number of carbonyl (C=O) groups excluding carboxylic acids is 1. The second-order valence-electron chi connectivity index (χ2n) is 5.63. The number of para-hydroxylation sites is 1. The van der Waals surface area contributed by atoms with Crippen molar-refractivity contribution in [3.63, 3.8) is 0 Å². The second-order valence-corrected chi connectivity index (χ2v) is 6.61. The Morgan fingerprint density at radius 1 is 1.39 bits per heavy atom. The summed E-state index contributed by atoms with van der Waals surface area (Å²) < 4.78 is 5.50. The molecule has 0 spiro atoms. The molecule has 6 heteroatoms. The summed E-state index contributed by atoms with van der Waals surface area (Å²) in [7, 11) is 1.67. The first-order chi connectivity index (χ1) is 11.2. The van der Waals surface area contributed by atoms with Crippen molar-refractivity contribution in [2.45, 2.75) is 19.5 Å². The molecule has 1 aromatic heterocycles. The van der Waals surface area contributed by atoms with Crippen molar-refractivity contribution in [3.8, 4) is 5.75 Å². The summed E-state index contributed by atoms with van der Waals surface area (Å²) in [6, 6.07) is 7.96. The number of amides is 1. The smallest absolute Gasteiger partial charge is 0.220 e. The molecule has 0 saturated carbocycles. The summed E-state index contributed by atoms with van der Waals surface area (Å²) in [5, 5.41) is 3.11. The summed E-state index contributed by atoms with van der Waals surface area (Å²) in [5.41, 5.74) is 1.06. The number of methoxy groups -OCH3 is 1. The van der Waals surface area contributed by atoms with Crippen LogP contribution in [0, 0.1) is 0 Å². The highest BCUT2D eigenvalue weighted by molar-refractivity contribution is 7.09. The van der Waals surface area contributed by atoms with Gasteiger partial charge in [-0.05, 0) is 6.07 Å². The number of benzene rings is 1. The quantitative estimate of drug-likeness (QED) is 0.864. The van der Waals surface area contributed by atoms with Gasteiger partial charge in [0.25, 0.3) is 0 Å². The number of thiazole rings is 1. The third-order valence-corrected chi connectivity index (χ3v) is 4.97. The second kappa shape index (κ2) is 7.10. The zero-order chi connectivity index (χ0) is 16.2. The molecule has 5 nitrogen and oxygen atoms in total. The Hall–Kier alpha value is -1.92. The van der Waals surface area contributed by atoms with Gasteiger partial charge in [0.15, 0.2) is 0 Å². The van der Waals surface area contributed by atoms with Crippen LogP contribution in [0.3, 0.4) is 0 Å². The summed E-state index contributed by atoms with van der Waals surface area (Å²) in [4.78, 5) is 20.7. The van der Waals surface area contributed by atoms with Crippen molar-refractivity contribution in [1.29, 1.82) is 0 Å². The van der Waals surface area contributed by atoms with Gasteiger partial charge in [-0.3, -0.25) is 9.69 Å². The lowest BCUT2D eigenvalue weighted by Crippen LogP contribution is -2.49. The maximum Gasteiger partial charge on any atom is 0.220 e. The molecule has 1 fully saturated rings. The van der Waals surface area contributed by atoms with Crippen molar-refractivity contribution in [1.82, 2.24) is 14.8 Å². The van der Waals surface area contributed by atoms with E-state index >= 15 is 0 Å². The molecule has 2 aromatic rings. The van der Waals surface area contributed by atoms with Crippen molar-refractivity contribution in [2.75, 3.05) is 26.7 Å². The summed E-state index contributed by atoms with van der Waals surface area (Å²) in [6.07, 6.45) is 1.84. The molecular weight excluding hydrogens is 310 g/mol. The normalized spacial score (nSPS) is 18.9. The highest BCUT2D eigenvalue weighted by Crippen LogP contribution is 2.32. The van der Waals surface area contributed by atoms with E-state index < -0.39 is 0 Å². The first kappa shape index (κ1) is 16.0. The molecule has 3 rings (SSSR count). The van der Waals surface area contributed by atoms with Gasteiger partial charge >= 0.3 is 0 Å². The Balaban J connectivity index is 1.84. The molecule has 1 amide bonds. The van der Waals surface area contributed by atoms with E-state index in [1.165, 1.54) is 0 Å². The van der Waals surface area contributed by atoms with Crippen LogP contribution in [0.5, 0.6) is 5.75 Å². The fourth-order valence-corrected chi connectivity index (χ4v) is 3.75. The van der Waals surface area contributed by atoms with E-state index in [0.29, 0.717) is 0 Å². The number of nitrogens with zero attached hydrogens (tertiary/aromatic N) is 3. The summed E-state index contributed by atoms with van der Waals surface area (Å²) in [5.74, 6) is 0.939. The Kier molecular flexibility index (Phi) is 4.93. The molecular formula is C17H21N3O2S. The van der Waals surface area contributed by atoms with Gasteiger partial charge in [-0.1, -0.05) is 18.2 Å². The predicted octanol–water partition coefficient (Wildman–Crippen LogP) is 2.56. The number of hydrogen-bond donors (Lipinski definition) is 0. The number of carbonyl (C=O) groups is 1. The maximum atomic E-state index is 12.1. The molecule has 122 valence electrons. The van der Waals surface area contributed by atoms with Gasteiger partial charge in [0.2, 0.25) is 5.91 Å². The van der Waals surface area contributed by atoms with Crippen molar-refractivity contribution in [3.05, 3.63) is 46.4 Å². The summed E-state index contributed by atoms with van der Waals surface area (Å²) >= 11 is 1.67. The standard InChI is InChI=1S/C17H21N3O2S/c1-13(21)20-9-8-19(12-17-18-7-10-23-17)11-15(20)14-5-3-4-6-16(14)22-2/h3-7,10,15H,8-9,11-12H2,1-2H3. The van der Waals surface area contributed by atoms with Crippen LogP contribution >= 0.6 is 11.3 Å². The maximum absolute atomic E-state index is 12.1. The van der Waals surface area contributed by atoms with Crippen molar-refractivity contribution in [2.24, 2.45) is 0 Å². The van der Waals surface area contributed by atoms with Crippen LogP contribution in [-0.2, 0) is 11.3 Å². The van der Waals surface area contributed by atoms with E-state index in [1.54, 1.807) is 25.4 Å². The van der Waals surface area contributed by atoms with E-state index in [2.05, 4.69) is 9.88 Å². The van der Waals surface area contributed by atoms with Crippen LogP contribution in [0.4, 0.5) is 0 Å². The molecule has 0 radical (unpaired) electrons. The van der Waals surface area contributed by atoms with Crippen LogP contribution in [0.15, 0.2) is 35.8 Å². The number of ether oxygens (including phenoxy) is 1. The first-order valence-corrected chi connectivity index (χ1v) is 8.58. The molecule has 0 aliphatic carbocycles. The van der Waals surface area contributed by atoms with E-state index in [4.69, 9.17) is 4.74 Å². The predicted molar refractivity (Wildman–Crippen MR) is 90.5 cm³/mol. The number of hydrogen-bond acceptors (Lipinski definition) is 5. The minimum absolute atomic E-state index is 0.0114. The Morgan fingerprint density at radius 3 is 2.91 bits per heavy atom. The SMILES string of the molecule is COc1ccccc1C1CN(Cc2nccs2)CCN1C(C)=O. The van der Waals surface area contributed by atoms with E-state index in [0.717, 1.165) is 42.5 Å². The molecule has 1 aromatic carbocycles. The highest BCUT2D eigenvalue weighted by Gasteiger charge is 2.31. The van der Waals surface area contributed by atoms with Gasteiger partial charge < -0.3 is 9.64 Å². The van der Waals surface area contributed by atoms with Crippen LogP contribution in [0.25, 0.3) is 0 Å². The third-order valence-electron chi connectivity index (χ3n) is 4.21. The zero-order valence-corrected chi connectivity index (χ0v) is 14.3. The van der Waals surface area contributed by atoms with Gasteiger partial charge in [0.1, 0.15) is 10.8 Å². The lowest BCUT2D eigenvalue weighted by molar-refractivity contribution is -0.134. The average Bonchev–Trinajstić information content (AvgIpc) is 3.07. The molecule has 1 aliphatic rings. The Labute approximate surface area is 140 Å². The molecule has 1 atom stereocenters. The molecule has 2 heterocycles. The van der Waals surface area contributed by atoms with Crippen LogP contribution in [0.1, 0.15) is 23.5 Å². The third kappa shape index (κ3) is 3.54. The van der Waals surface area contributed by atoms with E-state index in [1.807, 2.05) is 40.7 Å². The zero-order valence-electron chi connectivity index (χ0n) is 13.4. The topological polar surface area (TPSA) is 45.7 Å². The summed E-state index contributed by atoms with van der Waals surface area (Å²) in [6.45, 7) is 4.85. The Bertz CT molecular complexity index is 660. The molecule has 1 saturated heterocycles.